The van der Waals surface area contributed by atoms with Crippen LogP contribution in [0, 0.1) is 19.9 Å². The predicted molar refractivity (Wildman–Crippen MR) is 46.7 cm³/mol. The van der Waals surface area contributed by atoms with E-state index in [9.17, 15) is 0 Å². The summed E-state index contributed by atoms with van der Waals surface area (Å²) < 4.78 is 0. The van der Waals surface area contributed by atoms with Crippen molar-refractivity contribution in [3.05, 3.63) is 34.9 Å². The molecule has 1 fully saturated rings. The van der Waals surface area contributed by atoms with E-state index in [1.165, 1.54) is 24.0 Å². The summed E-state index contributed by atoms with van der Waals surface area (Å²) in [4.78, 5) is 0. The number of hydrogen-bond donors (Lipinski definition) is 0. The molecule has 0 spiro atoms. The number of hydrogen-bond acceptors (Lipinski definition) is 0. The lowest BCUT2D eigenvalue weighted by Gasteiger charge is -2.05. The molecule has 0 heterocycles. The summed E-state index contributed by atoms with van der Waals surface area (Å²) in [5, 5.41) is 0. The number of aryl methyl sites for hydroxylation is 1. The zero-order chi connectivity index (χ0) is 7.84. The summed E-state index contributed by atoms with van der Waals surface area (Å²) >= 11 is 0. The van der Waals surface area contributed by atoms with E-state index < -0.39 is 0 Å². The lowest BCUT2D eigenvalue weighted by molar-refractivity contribution is 1.08. The Morgan fingerprint density at radius 3 is 2.73 bits per heavy atom. The minimum Gasteiger partial charge on any atom is -0.0579 e. The van der Waals surface area contributed by atoms with Crippen molar-refractivity contribution in [3.63, 3.8) is 0 Å². The molecule has 1 aliphatic carbocycles. The molecule has 0 bridgehead atoms. The Morgan fingerprint density at radius 2 is 2.09 bits per heavy atom. The summed E-state index contributed by atoms with van der Waals surface area (Å²) in [6.45, 7) is 4.35. The SMILES string of the molecule is Cc1[c]ccc(C2CC2)c1C. The summed E-state index contributed by atoms with van der Waals surface area (Å²) in [5.41, 5.74) is 4.32. The second-order valence-electron chi connectivity index (χ2n) is 3.46. The summed E-state index contributed by atoms with van der Waals surface area (Å²) in [6, 6.07) is 7.50. The molecule has 0 aliphatic heterocycles. The van der Waals surface area contributed by atoms with Crippen molar-refractivity contribution < 1.29 is 0 Å². The van der Waals surface area contributed by atoms with Crippen LogP contribution in [-0.2, 0) is 0 Å². The molecule has 57 valence electrons. The van der Waals surface area contributed by atoms with Gasteiger partial charge in [0.15, 0.2) is 0 Å². The second kappa shape index (κ2) is 2.37. The quantitative estimate of drug-likeness (QED) is 0.570. The molecule has 11 heavy (non-hydrogen) atoms. The average molecular weight is 145 g/mol. The zero-order valence-corrected chi connectivity index (χ0v) is 7.15. The molecule has 0 amide bonds. The molecule has 0 unspecified atom stereocenters. The van der Waals surface area contributed by atoms with Crippen molar-refractivity contribution in [3.8, 4) is 0 Å². The summed E-state index contributed by atoms with van der Waals surface area (Å²) in [6.07, 6.45) is 2.79. The van der Waals surface area contributed by atoms with Crippen LogP contribution in [0.2, 0.25) is 0 Å². The fraction of sp³-hybridized carbons (Fsp3) is 0.455. The first kappa shape index (κ1) is 6.90. The molecule has 0 aromatic heterocycles. The smallest absolute Gasteiger partial charge is 0.0149 e. The van der Waals surface area contributed by atoms with Gasteiger partial charge in [0.2, 0.25) is 0 Å². The van der Waals surface area contributed by atoms with Crippen LogP contribution in [0.15, 0.2) is 12.1 Å². The standard InChI is InChI=1S/C11H13/c1-8-4-3-5-11(9(8)2)10-6-7-10/h3,5,10H,6-7H2,1-2H3. The molecule has 0 N–H and O–H groups in total. The maximum Gasteiger partial charge on any atom is -0.0149 e. The lowest BCUT2D eigenvalue weighted by Crippen LogP contribution is -1.88. The highest BCUT2D eigenvalue weighted by atomic mass is 14.3. The van der Waals surface area contributed by atoms with Crippen molar-refractivity contribution in [1.29, 1.82) is 0 Å². The largest absolute Gasteiger partial charge is 0.0579 e. The Morgan fingerprint density at radius 1 is 1.36 bits per heavy atom. The predicted octanol–water partition coefficient (Wildman–Crippen LogP) is 2.98. The molecule has 1 aromatic rings. The second-order valence-corrected chi connectivity index (χ2v) is 3.46. The normalized spacial score (nSPS) is 16.9. The lowest BCUT2D eigenvalue weighted by atomic mass is 10.0. The molecule has 1 saturated carbocycles. The minimum atomic E-state index is 0.878. The highest BCUT2D eigenvalue weighted by molar-refractivity contribution is 5.36. The molecule has 0 nitrogen and oxygen atoms in total. The highest BCUT2D eigenvalue weighted by Gasteiger charge is 2.24. The Bertz CT molecular complexity index is 269. The fourth-order valence-corrected chi connectivity index (χ4v) is 1.54. The van der Waals surface area contributed by atoms with Gasteiger partial charge in [-0.2, -0.15) is 0 Å². The van der Waals surface area contributed by atoms with Gasteiger partial charge in [-0.05, 0) is 55.4 Å². The Kier molecular flexibility index (Phi) is 1.49. The third kappa shape index (κ3) is 1.18. The first-order valence-electron chi connectivity index (χ1n) is 4.27. The Hall–Kier alpha value is -0.780. The monoisotopic (exact) mass is 145 g/mol. The van der Waals surface area contributed by atoms with Gasteiger partial charge in [-0.15, -0.1) is 0 Å². The molecule has 0 saturated heterocycles. The Balaban J connectivity index is 2.45. The van der Waals surface area contributed by atoms with Gasteiger partial charge in [0, 0.05) is 0 Å². The summed E-state index contributed by atoms with van der Waals surface area (Å²) in [7, 11) is 0. The van der Waals surface area contributed by atoms with Gasteiger partial charge in [-0.25, -0.2) is 0 Å². The van der Waals surface area contributed by atoms with Crippen LogP contribution in [0.25, 0.3) is 0 Å². The third-order valence-corrected chi connectivity index (χ3v) is 2.58. The van der Waals surface area contributed by atoms with Crippen LogP contribution in [0.4, 0.5) is 0 Å². The van der Waals surface area contributed by atoms with Gasteiger partial charge in [0.25, 0.3) is 0 Å². The van der Waals surface area contributed by atoms with Gasteiger partial charge in [-0.1, -0.05) is 12.1 Å². The van der Waals surface area contributed by atoms with Gasteiger partial charge >= 0.3 is 0 Å². The van der Waals surface area contributed by atoms with E-state index in [-0.39, 0.29) is 0 Å². The van der Waals surface area contributed by atoms with Crippen molar-refractivity contribution >= 4 is 0 Å². The first-order valence-corrected chi connectivity index (χ1v) is 4.27. The van der Waals surface area contributed by atoms with E-state index in [2.05, 4.69) is 32.0 Å². The third-order valence-electron chi connectivity index (χ3n) is 2.58. The van der Waals surface area contributed by atoms with E-state index in [1.54, 1.807) is 5.56 Å². The van der Waals surface area contributed by atoms with Gasteiger partial charge in [-0.3, -0.25) is 0 Å². The van der Waals surface area contributed by atoms with Gasteiger partial charge < -0.3 is 0 Å². The molecule has 1 aliphatic rings. The number of benzene rings is 1. The van der Waals surface area contributed by atoms with E-state index >= 15 is 0 Å². The van der Waals surface area contributed by atoms with Crippen LogP contribution in [0.1, 0.15) is 35.4 Å². The molecular formula is C11H13. The average Bonchev–Trinajstić information content (AvgIpc) is 2.77. The van der Waals surface area contributed by atoms with Crippen LogP contribution >= 0.6 is 0 Å². The van der Waals surface area contributed by atoms with Crippen LogP contribution in [0.5, 0.6) is 0 Å². The minimum absolute atomic E-state index is 0.878. The van der Waals surface area contributed by atoms with E-state index in [0.717, 1.165) is 5.92 Å². The van der Waals surface area contributed by atoms with Crippen molar-refractivity contribution in [2.75, 3.05) is 0 Å². The van der Waals surface area contributed by atoms with Crippen molar-refractivity contribution in [2.24, 2.45) is 0 Å². The fourth-order valence-electron chi connectivity index (χ4n) is 1.54. The maximum atomic E-state index is 3.22. The molecular weight excluding hydrogens is 132 g/mol. The zero-order valence-electron chi connectivity index (χ0n) is 7.15. The molecule has 2 rings (SSSR count). The summed E-state index contributed by atoms with van der Waals surface area (Å²) in [5.74, 6) is 0.878. The Labute approximate surface area is 68.3 Å². The van der Waals surface area contributed by atoms with E-state index in [0.29, 0.717) is 0 Å². The van der Waals surface area contributed by atoms with Gasteiger partial charge in [0.05, 0.1) is 0 Å². The van der Waals surface area contributed by atoms with Gasteiger partial charge in [0.1, 0.15) is 0 Å². The van der Waals surface area contributed by atoms with Crippen LogP contribution < -0.4 is 0 Å². The maximum absolute atomic E-state index is 3.22. The van der Waals surface area contributed by atoms with Crippen molar-refractivity contribution in [1.82, 2.24) is 0 Å². The van der Waals surface area contributed by atoms with E-state index in [1.807, 2.05) is 0 Å². The first-order chi connectivity index (χ1) is 5.29. The molecule has 0 heteroatoms. The molecule has 0 atom stereocenters. The number of rotatable bonds is 1. The van der Waals surface area contributed by atoms with Crippen molar-refractivity contribution in [2.45, 2.75) is 32.6 Å². The van der Waals surface area contributed by atoms with E-state index in [4.69, 9.17) is 0 Å². The molecule has 1 aromatic carbocycles. The van der Waals surface area contributed by atoms with Crippen LogP contribution in [-0.4, -0.2) is 0 Å². The topological polar surface area (TPSA) is 0 Å². The van der Waals surface area contributed by atoms with Crippen LogP contribution in [0.3, 0.4) is 0 Å². The molecule has 1 radical (unpaired) electrons. The highest BCUT2D eigenvalue weighted by Crippen LogP contribution is 2.41.